The first kappa shape index (κ1) is 19.4. The highest BCUT2D eigenvalue weighted by Gasteiger charge is 2.41. The van der Waals surface area contributed by atoms with Crippen LogP contribution in [0.3, 0.4) is 0 Å². The van der Waals surface area contributed by atoms with Crippen molar-refractivity contribution in [2.75, 3.05) is 26.8 Å². The van der Waals surface area contributed by atoms with Crippen molar-refractivity contribution in [3.05, 3.63) is 76.5 Å². The van der Waals surface area contributed by atoms with Crippen molar-refractivity contribution < 1.29 is 14.3 Å². The number of rotatable bonds is 6. The van der Waals surface area contributed by atoms with Gasteiger partial charge in [0.2, 0.25) is 0 Å². The van der Waals surface area contributed by atoms with Gasteiger partial charge in [0, 0.05) is 33.4 Å². The normalized spacial score (nSPS) is 16.6. The van der Waals surface area contributed by atoms with E-state index in [1.54, 1.807) is 7.11 Å². The van der Waals surface area contributed by atoms with Gasteiger partial charge in [0.05, 0.1) is 5.57 Å². The molecule has 2 aliphatic rings. The van der Waals surface area contributed by atoms with Crippen LogP contribution < -0.4 is 0 Å². The maximum atomic E-state index is 13.3. The van der Waals surface area contributed by atoms with Crippen molar-refractivity contribution in [3.63, 3.8) is 0 Å². The second-order valence-corrected chi connectivity index (χ2v) is 7.64. The number of imide groups is 1. The van der Waals surface area contributed by atoms with Gasteiger partial charge in [-0.1, -0.05) is 54.1 Å². The third kappa shape index (κ3) is 3.70. The monoisotopic (exact) mass is 390 g/mol. The van der Waals surface area contributed by atoms with Gasteiger partial charge in [-0.3, -0.25) is 14.5 Å². The summed E-state index contributed by atoms with van der Waals surface area (Å²) in [5, 5.41) is 0. The lowest BCUT2D eigenvalue weighted by molar-refractivity contribution is -0.137. The molecule has 0 fully saturated rings. The van der Waals surface area contributed by atoms with Crippen molar-refractivity contribution in [1.82, 2.24) is 9.80 Å². The first-order valence-electron chi connectivity index (χ1n) is 10.1. The maximum Gasteiger partial charge on any atom is 0.277 e. The van der Waals surface area contributed by atoms with Crippen molar-refractivity contribution in [2.45, 2.75) is 26.3 Å². The Morgan fingerprint density at radius 3 is 2.41 bits per heavy atom. The van der Waals surface area contributed by atoms with Crippen LogP contribution >= 0.6 is 0 Å². The van der Waals surface area contributed by atoms with Gasteiger partial charge in [0.15, 0.2) is 0 Å². The Hall–Kier alpha value is -2.92. The molecule has 4 rings (SSSR count). The lowest BCUT2D eigenvalue weighted by Crippen LogP contribution is -2.38. The van der Waals surface area contributed by atoms with Crippen molar-refractivity contribution >= 4 is 17.4 Å². The van der Waals surface area contributed by atoms with E-state index in [-0.39, 0.29) is 11.8 Å². The Labute approximate surface area is 171 Å². The molecule has 5 nitrogen and oxygen atoms in total. The SMILES string of the molecule is COCCCN1C(=O)C(c2ccc(C)cc2)=C(N2CCc3ccccc3C2)C1=O. The van der Waals surface area contributed by atoms with E-state index in [9.17, 15) is 9.59 Å². The van der Waals surface area contributed by atoms with Gasteiger partial charge in [-0.05, 0) is 36.5 Å². The zero-order valence-electron chi connectivity index (χ0n) is 17.0. The van der Waals surface area contributed by atoms with Crippen molar-refractivity contribution in [2.24, 2.45) is 0 Å². The summed E-state index contributed by atoms with van der Waals surface area (Å²) in [7, 11) is 1.63. The molecular formula is C24H26N2O3. The first-order valence-corrected chi connectivity index (χ1v) is 10.1. The molecule has 29 heavy (non-hydrogen) atoms. The van der Waals surface area contributed by atoms with Gasteiger partial charge in [-0.15, -0.1) is 0 Å². The average Bonchev–Trinajstić information content (AvgIpc) is 2.99. The molecule has 2 heterocycles. The number of methoxy groups -OCH3 is 1. The molecule has 0 saturated heterocycles. The summed E-state index contributed by atoms with van der Waals surface area (Å²) >= 11 is 0. The Kier molecular flexibility index (Phi) is 5.49. The number of aryl methyl sites for hydroxylation is 1. The molecule has 0 unspecified atom stereocenters. The molecule has 2 aliphatic heterocycles. The molecule has 0 aliphatic carbocycles. The largest absolute Gasteiger partial charge is 0.385 e. The summed E-state index contributed by atoms with van der Waals surface area (Å²) in [4.78, 5) is 30.1. The molecule has 2 aromatic carbocycles. The van der Waals surface area contributed by atoms with Crippen LogP contribution in [0.4, 0.5) is 0 Å². The lowest BCUT2D eigenvalue weighted by atomic mass is 9.97. The van der Waals surface area contributed by atoms with Crippen molar-refractivity contribution in [1.29, 1.82) is 0 Å². The van der Waals surface area contributed by atoms with Gasteiger partial charge in [0.25, 0.3) is 11.8 Å². The van der Waals surface area contributed by atoms with E-state index >= 15 is 0 Å². The number of benzene rings is 2. The highest BCUT2D eigenvalue weighted by atomic mass is 16.5. The summed E-state index contributed by atoms with van der Waals surface area (Å²) in [6.45, 7) is 4.27. The fraction of sp³-hybridized carbons (Fsp3) is 0.333. The maximum absolute atomic E-state index is 13.3. The number of hydrogen-bond donors (Lipinski definition) is 0. The van der Waals surface area contributed by atoms with Crippen LogP contribution in [0.15, 0.2) is 54.2 Å². The third-order valence-electron chi connectivity index (χ3n) is 5.66. The van der Waals surface area contributed by atoms with Gasteiger partial charge < -0.3 is 9.64 Å². The smallest absolute Gasteiger partial charge is 0.277 e. The van der Waals surface area contributed by atoms with Gasteiger partial charge in [0.1, 0.15) is 5.70 Å². The predicted octanol–water partition coefficient (Wildman–Crippen LogP) is 3.17. The number of nitrogens with zero attached hydrogens (tertiary/aromatic N) is 2. The molecular weight excluding hydrogens is 364 g/mol. The second kappa shape index (κ2) is 8.21. The fourth-order valence-electron chi connectivity index (χ4n) is 4.09. The number of amides is 2. The minimum absolute atomic E-state index is 0.193. The lowest BCUT2D eigenvalue weighted by Gasteiger charge is -2.31. The van der Waals surface area contributed by atoms with Gasteiger partial charge in [-0.25, -0.2) is 0 Å². The fourth-order valence-corrected chi connectivity index (χ4v) is 4.09. The quantitative estimate of drug-likeness (QED) is 0.562. The van der Waals surface area contributed by atoms with Crippen LogP contribution in [-0.4, -0.2) is 48.4 Å². The molecule has 0 aromatic heterocycles. The highest BCUT2D eigenvalue weighted by molar-refractivity contribution is 6.35. The van der Waals surface area contributed by atoms with E-state index in [0.717, 1.165) is 24.1 Å². The molecule has 2 aromatic rings. The zero-order chi connectivity index (χ0) is 20.4. The minimum Gasteiger partial charge on any atom is -0.385 e. The number of ether oxygens (including phenoxy) is 1. The van der Waals surface area contributed by atoms with Gasteiger partial charge in [-0.2, -0.15) is 0 Å². The summed E-state index contributed by atoms with van der Waals surface area (Å²) in [6, 6.07) is 16.2. The second-order valence-electron chi connectivity index (χ2n) is 7.64. The molecule has 0 atom stereocenters. The van der Waals surface area contributed by atoms with Crippen LogP contribution in [0.1, 0.15) is 28.7 Å². The van der Waals surface area contributed by atoms with E-state index in [4.69, 9.17) is 4.74 Å². The van der Waals surface area contributed by atoms with E-state index in [1.165, 1.54) is 16.0 Å². The summed E-state index contributed by atoms with van der Waals surface area (Å²) in [5.41, 5.74) is 5.51. The molecule has 150 valence electrons. The number of carbonyl (C=O) groups excluding carboxylic acids is 2. The van der Waals surface area contributed by atoms with Crippen LogP contribution in [0, 0.1) is 6.92 Å². The number of hydrogen-bond acceptors (Lipinski definition) is 4. The minimum atomic E-state index is -0.205. The van der Waals surface area contributed by atoms with Gasteiger partial charge >= 0.3 is 0 Å². The topological polar surface area (TPSA) is 49.9 Å². The van der Waals surface area contributed by atoms with E-state index in [0.29, 0.717) is 37.4 Å². The van der Waals surface area contributed by atoms with E-state index in [2.05, 4.69) is 17.0 Å². The molecule has 0 N–H and O–H groups in total. The summed E-state index contributed by atoms with van der Waals surface area (Å²) in [6.07, 6.45) is 1.50. The summed E-state index contributed by atoms with van der Waals surface area (Å²) in [5.74, 6) is -0.398. The van der Waals surface area contributed by atoms with E-state index < -0.39 is 0 Å². The Morgan fingerprint density at radius 1 is 0.966 bits per heavy atom. The number of carbonyl (C=O) groups is 2. The van der Waals surface area contributed by atoms with Crippen molar-refractivity contribution in [3.8, 4) is 0 Å². The van der Waals surface area contributed by atoms with Crippen LogP contribution in [0.2, 0.25) is 0 Å². The molecule has 0 spiro atoms. The predicted molar refractivity (Wildman–Crippen MR) is 112 cm³/mol. The average molecular weight is 390 g/mol. The van der Waals surface area contributed by atoms with Crippen LogP contribution in [0.25, 0.3) is 5.57 Å². The molecule has 0 bridgehead atoms. The standard InChI is InChI=1S/C24H26N2O3/c1-17-8-10-19(11-9-17)21-22(24(28)26(23(21)27)13-5-15-29-2)25-14-12-18-6-3-4-7-20(18)16-25/h3-4,6-11H,5,12-16H2,1-2H3. The van der Waals surface area contributed by atoms with E-state index in [1.807, 2.05) is 43.3 Å². The Morgan fingerprint density at radius 2 is 1.69 bits per heavy atom. The van der Waals surface area contributed by atoms with Crippen LogP contribution in [0.5, 0.6) is 0 Å². The van der Waals surface area contributed by atoms with Crippen LogP contribution in [-0.2, 0) is 27.3 Å². The highest BCUT2D eigenvalue weighted by Crippen LogP contribution is 2.34. The Balaban J connectivity index is 1.72. The molecule has 0 saturated carbocycles. The number of fused-ring (bicyclic) bond motifs is 1. The molecule has 5 heteroatoms. The molecule has 2 amide bonds. The molecule has 0 radical (unpaired) electrons. The Bertz CT molecular complexity index is 962. The zero-order valence-corrected chi connectivity index (χ0v) is 17.0. The summed E-state index contributed by atoms with van der Waals surface area (Å²) < 4.78 is 5.11. The third-order valence-corrected chi connectivity index (χ3v) is 5.66. The first-order chi connectivity index (χ1) is 14.1.